The maximum Gasteiger partial charge on any atom is 0.159 e. The average molecular weight is 350 g/mol. The molecule has 1 aliphatic heterocycles. The van der Waals surface area contributed by atoms with Gasteiger partial charge in [-0.1, -0.05) is 11.6 Å². The molecule has 24 heavy (non-hydrogen) atoms. The fourth-order valence-corrected chi connectivity index (χ4v) is 2.99. The summed E-state index contributed by atoms with van der Waals surface area (Å²) in [5, 5.41) is 3.65. The highest BCUT2D eigenvalue weighted by Gasteiger charge is 2.19. The van der Waals surface area contributed by atoms with Gasteiger partial charge in [-0.05, 0) is 18.9 Å². The molecular weight excluding hydrogens is 330 g/mol. The zero-order valence-corrected chi connectivity index (χ0v) is 14.4. The molecule has 0 unspecified atom stereocenters. The Morgan fingerprint density at radius 3 is 2.50 bits per heavy atom. The van der Waals surface area contributed by atoms with Crippen molar-refractivity contribution in [3.63, 3.8) is 0 Å². The van der Waals surface area contributed by atoms with Gasteiger partial charge in [-0.3, -0.25) is 0 Å². The third-order valence-corrected chi connectivity index (χ3v) is 4.29. The van der Waals surface area contributed by atoms with Crippen LogP contribution in [-0.2, 0) is 0 Å². The van der Waals surface area contributed by atoms with Gasteiger partial charge in [0.2, 0.25) is 0 Å². The van der Waals surface area contributed by atoms with Crippen molar-refractivity contribution >= 4 is 34.6 Å². The largest absolute Gasteiger partial charge is 0.495 e. The first kappa shape index (κ1) is 16.4. The minimum Gasteiger partial charge on any atom is -0.495 e. The van der Waals surface area contributed by atoms with Crippen LogP contribution in [0.25, 0.3) is 0 Å². The van der Waals surface area contributed by atoms with Crippen LogP contribution in [0.4, 0.5) is 23.0 Å². The zero-order chi connectivity index (χ0) is 17.1. The number of hydrogen-bond donors (Lipinski definition) is 2. The first-order chi connectivity index (χ1) is 11.6. The van der Waals surface area contributed by atoms with Crippen LogP contribution in [0.3, 0.4) is 0 Å². The second kappa shape index (κ2) is 7.00. The van der Waals surface area contributed by atoms with E-state index in [-0.39, 0.29) is 0 Å². The number of benzene rings is 1. The van der Waals surface area contributed by atoms with Crippen LogP contribution in [0.15, 0.2) is 18.5 Å². The lowest BCUT2D eigenvalue weighted by molar-refractivity contribution is 0.396. The van der Waals surface area contributed by atoms with Crippen molar-refractivity contribution in [2.75, 3.05) is 43.3 Å². The minimum absolute atomic E-state index is 0.466. The topological polar surface area (TPSA) is 85.5 Å². The SMILES string of the molecule is COc1cc(OC)c(Nc2ncnc(N3CCCC3)c2N)cc1Cl. The molecule has 0 radical (unpaired) electrons. The smallest absolute Gasteiger partial charge is 0.159 e. The molecular formula is C16H20ClN5O2. The van der Waals surface area contributed by atoms with E-state index >= 15 is 0 Å². The summed E-state index contributed by atoms with van der Waals surface area (Å²) < 4.78 is 10.6. The Balaban J connectivity index is 1.94. The number of halogens is 1. The minimum atomic E-state index is 0.466. The van der Waals surface area contributed by atoms with Gasteiger partial charge in [-0.25, -0.2) is 9.97 Å². The maximum atomic E-state index is 6.27. The number of nitrogen functional groups attached to an aromatic ring is 1. The van der Waals surface area contributed by atoms with Gasteiger partial charge in [-0.2, -0.15) is 0 Å². The number of nitrogens with one attached hydrogen (secondary N) is 1. The third-order valence-electron chi connectivity index (χ3n) is 4.00. The van der Waals surface area contributed by atoms with Crippen molar-refractivity contribution < 1.29 is 9.47 Å². The van der Waals surface area contributed by atoms with E-state index in [1.54, 1.807) is 26.4 Å². The first-order valence-electron chi connectivity index (χ1n) is 7.68. The lowest BCUT2D eigenvalue weighted by atomic mass is 10.2. The average Bonchev–Trinajstić information content (AvgIpc) is 3.11. The number of nitrogens with zero attached hydrogens (tertiary/aromatic N) is 3. The molecule has 0 spiro atoms. The molecule has 0 amide bonds. The highest BCUT2D eigenvalue weighted by molar-refractivity contribution is 6.32. The Morgan fingerprint density at radius 1 is 1.12 bits per heavy atom. The summed E-state index contributed by atoms with van der Waals surface area (Å²) in [4.78, 5) is 10.7. The Bertz CT molecular complexity index is 735. The molecule has 1 fully saturated rings. The number of hydrogen-bond acceptors (Lipinski definition) is 7. The van der Waals surface area contributed by atoms with Crippen molar-refractivity contribution in [1.29, 1.82) is 0 Å². The van der Waals surface area contributed by atoms with Crippen molar-refractivity contribution in [2.24, 2.45) is 0 Å². The summed E-state index contributed by atoms with van der Waals surface area (Å²) in [5.74, 6) is 2.39. The van der Waals surface area contributed by atoms with E-state index in [1.807, 2.05) is 0 Å². The molecule has 7 nitrogen and oxygen atoms in total. The van der Waals surface area contributed by atoms with Gasteiger partial charge in [0.1, 0.15) is 23.5 Å². The summed E-state index contributed by atoms with van der Waals surface area (Å²) >= 11 is 6.21. The molecule has 1 aromatic carbocycles. The Hall–Kier alpha value is -2.41. The molecule has 0 saturated carbocycles. The van der Waals surface area contributed by atoms with Crippen molar-refractivity contribution in [3.05, 3.63) is 23.5 Å². The van der Waals surface area contributed by atoms with Gasteiger partial charge in [0.15, 0.2) is 11.6 Å². The fourth-order valence-electron chi connectivity index (χ4n) is 2.75. The number of rotatable bonds is 5. The predicted octanol–water partition coefficient (Wildman–Crippen LogP) is 3.07. The van der Waals surface area contributed by atoms with Gasteiger partial charge in [0.05, 0.1) is 24.9 Å². The lowest BCUT2D eigenvalue weighted by Gasteiger charge is -2.20. The summed E-state index contributed by atoms with van der Waals surface area (Å²) in [6, 6.07) is 3.43. The molecule has 2 heterocycles. The first-order valence-corrected chi connectivity index (χ1v) is 8.05. The van der Waals surface area contributed by atoms with Gasteiger partial charge < -0.3 is 25.4 Å². The molecule has 8 heteroatoms. The van der Waals surface area contributed by atoms with Crippen LogP contribution in [0, 0.1) is 0 Å². The second-order valence-corrected chi connectivity index (χ2v) is 5.87. The quantitative estimate of drug-likeness (QED) is 0.857. The van der Waals surface area contributed by atoms with E-state index in [2.05, 4.69) is 20.2 Å². The van der Waals surface area contributed by atoms with Crippen LogP contribution in [0.1, 0.15) is 12.8 Å². The standard InChI is InChI=1S/C16H20ClN5O2/c1-23-12-8-13(24-2)11(7-10(12)17)21-15-14(18)16(20-9-19-15)22-5-3-4-6-22/h7-9H,3-6,18H2,1-2H3,(H,19,20,21). The highest BCUT2D eigenvalue weighted by Crippen LogP contribution is 2.38. The normalized spacial score (nSPS) is 13.9. The summed E-state index contributed by atoms with van der Waals surface area (Å²) in [7, 11) is 3.13. The summed E-state index contributed by atoms with van der Waals surface area (Å²) in [6.45, 7) is 1.91. The van der Waals surface area contributed by atoms with Gasteiger partial charge in [-0.15, -0.1) is 0 Å². The molecule has 128 valence electrons. The van der Waals surface area contributed by atoms with E-state index in [1.165, 1.54) is 6.33 Å². The third kappa shape index (κ3) is 3.12. The zero-order valence-electron chi connectivity index (χ0n) is 13.7. The maximum absolute atomic E-state index is 6.27. The van der Waals surface area contributed by atoms with E-state index in [9.17, 15) is 0 Å². The number of anilines is 4. The Kier molecular flexibility index (Phi) is 4.80. The number of ether oxygens (including phenoxy) is 2. The van der Waals surface area contributed by atoms with Crippen LogP contribution in [-0.4, -0.2) is 37.3 Å². The second-order valence-electron chi connectivity index (χ2n) is 5.47. The van der Waals surface area contributed by atoms with E-state index in [4.69, 9.17) is 26.8 Å². The molecule has 0 bridgehead atoms. The lowest BCUT2D eigenvalue weighted by Crippen LogP contribution is -2.21. The van der Waals surface area contributed by atoms with Crippen LogP contribution in [0.2, 0.25) is 5.02 Å². The predicted molar refractivity (Wildman–Crippen MR) is 95.7 cm³/mol. The van der Waals surface area contributed by atoms with E-state index in [0.717, 1.165) is 31.7 Å². The highest BCUT2D eigenvalue weighted by atomic mass is 35.5. The van der Waals surface area contributed by atoms with Crippen LogP contribution < -0.4 is 25.4 Å². The molecule has 2 aromatic rings. The van der Waals surface area contributed by atoms with Gasteiger partial charge in [0.25, 0.3) is 0 Å². The molecule has 3 N–H and O–H groups in total. The Labute approximate surface area is 145 Å². The van der Waals surface area contributed by atoms with Crippen LogP contribution in [0.5, 0.6) is 11.5 Å². The monoisotopic (exact) mass is 349 g/mol. The Morgan fingerprint density at radius 2 is 1.83 bits per heavy atom. The van der Waals surface area contributed by atoms with Crippen molar-refractivity contribution in [3.8, 4) is 11.5 Å². The summed E-state index contributed by atoms with van der Waals surface area (Å²) in [5.41, 5.74) is 7.43. The number of aromatic nitrogens is 2. The van der Waals surface area contributed by atoms with Crippen molar-refractivity contribution in [2.45, 2.75) is 12.8 Å². The number of methoxy groups -OCH3 is 2. The molecule has 0 atom stereocenters. The number of nitrogens with two attached hydrogens (primary N) is 1. The molecule has 1 aliphatic rings. The molecule has 0 aliphatic carbocycles. The van der Waals surface area contributed by atoms with Gasteiger partial charge >= 0.3 is 0 Å². The van der Waals surface area contributed by atoms with Gasteiger partial charge in [0, 0.05) is 19.2 Å². The van der Waals surface area contributed by atoms with E-state index in [0.29, 0.717) is 33.7 Å². The molecule has 1 aromatic heterocycles. The molecule has 3 rings (SSSR count). The van der Waals surface area contributed by atoms with E-state index < -0.39 is 0 Å². The van der Waals surface area contributed by atoms with Crippen LogP contribution >= 0.6 is 11.6 Å². The van der Waals surface area contributed by atoms with Crippen molar-refractivity contribution in [1.82, 2.24) is 9.97 Å². The summed E-state index contributed by atoms with van der Waals surface area (Å²) in [6.07, 6.45) is 3.80. The fraction of sp³-hybridized carbons (Fsp3) is 0.375. The molecule has 1 saturated heterocycles.